The van der Waals surface area contributed by atoms with Gasteiger partial charge >= 0.3 is 0 Å². The van der Waals surface area contributed by atoms with Crippen LogP contribution < -0.4 is 4.74 Å². The molecule has 0 fully saturated rings. The van der Waals surface area contributed by atoms with Crippen LogP contribution in [-0.4, -0.2) is 40.5 Å². The number of fused-ring (bicyclic) bond motifs is 1. The van der Waals surface area contributed by atoms with E-state index in [0.717, 1.165) is 47.8 Å². The van der Waals surface area contributed by atoms with Crippen LogP contribution in [-0.2, 0) is 0 Å². The molecule has 0 bridgehead atoms. The number of rotatable bonds is 10. The highest BCUT2D eigenvalue weighted by Gasteiger charge is 2.09. The Labute approximate surface area is 169 Å². The van der Waals surface area contributed by atoms with Gasteiger partial charge in [-0.25, -0.2) is 4.98 Å². The fraction of sp³-hybridized carbons (Fsp3) is 0.458. The van der Waals surface area contributed by atoms with E-state index in [1.165, 1.54) is 31.5 Å². The van der Waals surface area contributed by atoms with Gasteiger partial charge in [-0.2, -0.15) is 0 Å². The topological polar surface area (TPSA) is 29.8 Å². The van der Waals surface area contributed by atoms with Crippen molar-refractivity contribution in [2.45, 2.75) is 47.0 Å². The van der Waals surface area contributed by atoms with E-state index >= 15 is 0 Å². The van der Waals surface area contributed by atoms with Crippen LogP contribution in [0.4, 0.5) is 0 Å². The van der Waals surface area contributed by atoms with Gasteiger partial charge in [-0.1, -0.05) is 19.9 Å². The van der Waals surface area contributed by atoms with Crippen molar-refractivity contribution in [3.8, 4) is 17.0 Å². The molecule has 0 aliphatic rings. The highest BCUT2D eigenvalue weighted by molar-refractivity contribution is 5.66. The lowest BCUT2D eigenvalue weighted by Crippen LogP contribution is -2.27. The third kappa shape index (κ3) is 4.93. The Morgan fingerprint density at radius 2 is 1.79 bits per heavy atom. The Hall–Kier alpha value is -2.33. The minimum atomic E-state index is 0.762. The zero-order chi connectivity index (χ0) is 19.9. The second kappa shape index (κ2) is 9.74. The number of benzene rings is 1. The molecule has 0 aliphatic carbocycles. The van der Waals surface area contributed by atoms with Crippen molar-refractivity contribution in [1.82, 2.24) is 14.3 Å². The highest BCUT2D eigenvalue weighted by atomic mass is 16.5. The van der Waals surface area contributed by atoms with Gasteiger partial charge in [0.25, 0.3) is 0 Å². The molecule has 2 aromatic heterocycles. The lowest BCUT2D eigenvalue weighted by Gasteiger charge is -2.21. The predicted octanol–water partition coefficient (Wildman–Crippen LogP) is 5.51. The van der Waals surface area contributed by atoms with Crippen LogP contribution in [0.3, 0.4) is 0 Å². The molecule has 4 nitrogen and oxygen atoms in total. The average Bonchev–Trinajstić information content (AvgIpc) is 3.12. The first-order valence-corrected chi connectivity index (χ1v) is 10.5. The number of hydrogen-bond donors (Lipinski definition) is 0. The van der Waals surface area contributed by atoms with Crippen molar-refractivity contribution < 1.29 is 4.74 Å². The normalized spacial score (nSPS) is 11.5. The second-order valence-corrected chi connectivity index (χ2v) is 7.57. The van der Waals surface area contributed by atoms with E-state index in [-0.39, 0.29) is 0 Å². The Bertz CT molecular complexity index is 894. The highest BCUT2D eigenvalue weighted by Crippen LogP contribution is 2.26. The summed E-state index contributed by atoms with van der Waals surface area (Å²) in [5.74, 6) is 0.973. The Morgan fingerprint density at radius 1 is 1.00 bits per heavy atom. The lowest BCUT2D eigenvalue weighted by atomic mass is 10.1. The molecule has 0 radical (unpaired) electrons. The van der Waals surface area contributed by atoms with Crippen LogP contribution in [0.15, 0.2) is 42.7 Å². The summed E-state index contributed by atoms with van der Waals surface area (Å²) in [6.07, 6.45) is 7.62. The minimum absolute atomic E-state index is 0.762. The van der Waals surface area contributed by atoms with E-state index < -0.39 is 0 Å². The smallest absolute Gasteiger partial charge is 0.140 e. The molecule has 28 heavy (non-hydrogen) atoms. The van der Waals surface area contributed by atoms with E-state index in [1.54, 1.807) is 0 Å². The predicted molar refractivity (Wildman–Crippen MR) is 117 cm³/mol. The molecule has 4 heteroatoms. The maximum atomic E-state index is 6.06. The van der Waals surface area contributed by atoms with Crippen LogP contribution in [0.5, 0.6) is 5.75 Å². The number of nitrogens with zero attached hydrogens (tertiary/aromatic N) is 3. The largest absolute Gasteiger partial charge is 0.493 e. The molecule has 0 saturated carbocycles. The lowest BCUT2D eigenvalue weighted by molar-refractivity contribution is 0.234. The summed E-state index contributed by atoms with van der Waals surface area (Å²) in [6, 6.07) is 10.5. The van der Waals surface area contributed by atoms with Crippen molar-refractivity contribution in [3.63, 3.8) is 0 Å². The Kier molecular flexibility index (Phi) is 7.10. The minimum Gasteiger partial charge on any atom is -0.493 e. The van der Waals surface area contributed by atoms with Gasteiger partial charge in [0.2, 0.25) is 0 Å². The third-order valence-electron chi connectivity index (χ3n) is 5.10. The zero-order valence-corrected chi connectivity index (χ0v) is 17.7. The number of aryl methyl sites for hydroxylation is 2. The van der Waals surface area contributed by atoms with Crippen LogP contribution in [0, 0.1) is 13.8 Å². The summed E-state index contributed by atoms with van der Waals surface area (Å²) in [5.41, 5.74) is 5.48. The van der Waals surface area contributed by atoms with E-state index in [1.807, 2.05) is 6.20 Å². The number of aromatic nitrogens is 2. The molecule has 3 rings (SSSR count). The van der Waals surface area contributed by atoms with Gasteiger partial charge in [0.1, 0.15) is 11.4 Å². The second-order valence-electron chi connectivity index (χ2n) is 7.57. The van der Waals surface area contributed by atoms with Crippen molar-refractivity contribution in [3.05, 3.63) is 53.9 Å². The quantitative estimate of drug-likeness (QED) is 0.435. The molecule has 2 heterocycles. The monoisotopic (exact) mass is 379 g/mol. The fourth-order valence-corrected chi connectivity index (χ4v) is 3.70. The van der Waals surface area contributed by atoms with Gasteiger partial charge in [0.15, 0.2) is 0 Å². The summed E-state index contributed by atoms with van der Waals surface area (Å²) in [4.78, 5) is 7.33. The number of pyridine rings is 1. The van der Waals surface area contributed by atoms with Gasteiger partial charge in [0.05, 0.1) is 12.3 Å². The summed E-state index contributed by atoms with van der Waals surface area (Å²) in [6.45, 7) is 12.9. The SMILES string of the molecule is CCCN(CCC)CCCOc1ccc(-c2cn3cccc(C)c3n2)cc1C. The van der Waals surface area contributed by atoms with Gasteiger partial charge in [-0.05, 0) is 81.6 Å². The molecular weight excluding hydrogens is 346 g/mol. The molecule has 0 unspecified atom stereocenters. The summed E-state index contributed by atoms with van der Waals surface area (Å²) in [7, 11) is 0. The first kappa shape index (κ1) is 20.4. The van der Waals surface area contributed by atoms with E-state index in [4.69, 9.17) is 9.72 Å². The first-order valence-electron chi connectivity index (χ1n) is 10.5. The van der Waals surface area contributed by atoms with Crippen LogP contribution in [0.2, 0.25) is 0 Å². The van der Waals surface area contributed by atoms with Crippen molar-refractivity contribution >= 4 is 5.65 Å². The molecule has 0 atom stereocenters. The van der Waals surface area contributed by atoms with Crippen molar-refractivity contribution in [1.29, 1.82) is 0 Å². The molecule has 3 aromatic rings. The fourth-order valence-electron chi connectivity index (χ4n) is 3.70. The number of imidazole rings is 1. The summed E-state index contributed by atoms with van der Waals surface area (Å²) < 4.78 is 8.15. The van der Waals surface area contributed by atoms with Gasteiger partial charge < -0.3 is 14.0 Å². The van der Waals surface area contributed by atoms with E-state index in [9.17, 15) is 0 Å². The van der Waals surface area contributed by atoms with Gasteiger partial charge in [0, 0.05) is 24.5 Å². The molecule has 0 N–H and O–H groups in total. The summed E-state index contributed by atoms with van der Waals surface area (Å²) >= 11 is 0. The van der Waals surface area contributed by atoms with Crippen LogP contribution in [0.25, 0.3) is 16.9 Å². The van der Waals surface area contributed by atoms with Crippen molar-refractivity contribution in [2.24, 2.45) is 0 Å². The molecule has 1 aromatic carbocycles. The molecule has 0 amide bonds. The molecular formula is C24H33N3O. The number of hydrogen-bond acceptors (Lipinski definition) is 3. The first-order chi connectivity index (χ1) is 13.6. The van der Waals surface area contributed by atoms with Crippen LogP contribution in [0.1, 0.15) is 44.2 Å². The van der Waals surface area contributed by atoms with Crippen LogP contribution >= 0.6 is 0 Å². The number of ether oxygens (including phenoxy) is 1. The van der Waals surface area contributed by atoms with E-state index in [2.05, 4.69) is 73.5 Å². The molecule has 0 aliphatic heterocycles. The van der Waals surface area contributed by atoms with Gasteiger partial charge in [-0.3, -0.25) is 0 Å². The Morgan fingerprint density at radius 3 is 2.46 bits per heavy atom. The molecule has 0 spiro atoms. The van der Waals surface area contributed by atoms with Gasteiger partial charge in [-0.15, -0.1) is 0 Å². The average molecular weight is 380 g/mol. The molecule has 0 saturated heterocycles. The molecule has 150 valence electrons. The zero-order valence-electron chi connectivity index (χ0n) is 17.7. The Balaban J connectivity index is 1.61. The summed E-state index contributed by atoms with van der Waals surface area (Å²) in [5, 5.41) is 0. The maximum Gasteiger partial charge on any atom is 0.140 e. The standard InChI is InChI=1S/C24H33N3O/c1-5-12-26(13-6-2)14-8-16-28-23-11-10-21(17-20(23)4)22-18-27-15-7-9-19(3)24(27)25-22/h7,9-11,15,17-18H,5-6,8,12-14,16H2,1-4H3. The van der Waals surface area contributed by atoms with Crippen molar-refractivity contribution in [2.75, 3.05) is 26.2 Å². The third-order valence-corrected chi connectivity index (χ3v) is 5.10. The maximum absolute atomic E-state index is 6.06. The van der Waals surface area contributed by atoms with E-state index in [0.29, 0.717) is 0 Å².